The van der Waals surface area contributed by atoms with Crippen molar-refractivity contribution in [1.29, 1.82) is 0 Å². The summed E-state index contributed by atoms with van der Waals surface area (Å²) in [6.07, 6.45) is 0. The van der Waals surface area contributed by atoms with Crippen LogP contribution in [0.3, 0.4) is 0 Å². The van der Waals surface area contributed by atoms with Crippen molar-refractivity contribution in [2.45, 2.75) is 19.3 Å². The lowest BCUT2D eigenvalue weighted by molar-refractivity contribution is 0.173. The molecule has 2 aromatic heterocycles. The molecule has 0 spiro atoms. The van der Waals surface area contributed by atoms with Crippen molar-refractivity contribution < 1.29 is 14.2 Å². The zero-order valence-corrected chi connectivity index (χ0v) is 14.0. The molecule has 3 heterocycles. The van der Waals surface area contributed by atoms with Crippen LogP contribution in [0.1, 0.15) is 17.8 Å². The van der Waals surface area contributed by atoms with Gasteiger partial charge in [-0.3, -0.25) is 0 Å². The van der Waals surface area contributed by atoms with E-state index in [9.17, 15) is 0 Å². The zero-order valence-electron chi connectivity index (χ0n) is 12.4. The normalized spacial score (nSPS) is 12.9. The van der Waals surface area contributed by atoms with Crippen LogP contribution < -0.4 is 14.2 Å². The average molecular weight is 350 g/mol. The highest BCUT2D eigenvalue weighted by Gasteiger charge is 2.15. The number of fused-ring (bicyclic) bond motifs is 2. The zero-order chi connectivity index (χ0) is 15.6. The number of rotatable bonds is 6. The summed E-state index contributed by atoms with van der Waals surface area (Å²) in [5.41, 5.74) is 0. The van der Waals surface area contributed by atoms with Crippen LogP contribution in [0.25, 0.3) is 4.96 Å². The van der Waals surface area contributed by atoms with Crippen LogP contribution in [0.2, 0.25) is 0 Å². The molecule has 1 aliphatic rings. The summed E-state index contributed by atoms with van der Waals surface area (Å²) in [6.45, 7) is 2.76. The number of hydrogen-bond acceptors (Lipinski definition) is 8. The predicted molar refractivity (Wildman–Crippen MR) is 87.4 cm³/mol. The minimum absolute atomic E-state index is 0.258. The van der Waals surface area contributed by atoms with Gasteiger partial charge in [0.2, 0.25) is 11.8 Å². The lowest BCUT2D eigenvalue weighted by Gasteiger charge is -2.04. The third kappa shape index (κ3) is 2.93. The molecular weight excluding hydrogens is 336 g/mol. The molecule has 0 radical (unpaired) electrons. The predicted octanol–water partition coefficient (Wildman–Crippen LogP) is 2.75. The van der Waals surface area contributed by atoms with Crippen LogP contribution in [0.4, 0.5) is 0 Å². The van der Waals surface area contributed by atoms with Gasteiger partial charge in [-0.2, -0.15) is 21.4 Å². The van der Waals surface area contributed by atoms with Gasteiger partial charge in [0.1, 0.15) is 12.4 Å². The van der Waals surface area contributed by atoms with Crippen molar-refractivity contribution >= 4 is 28.1 Å². The molecule has 0 N–H and O–H groups in total. The van der Waals surface area contributed by atoms with Gasteiger partial charge in [-0.25, -0.2) is 0 Å². The SMILES string of the molecule is CCSCc1nnc2sc(COc3ccc4c(c3)OCO4)nn12. The van der Waals surface area contributed by atoms with Gasteiger partial charge in [-0.15, -0.1) is 10.2 Å². The summed E-state index contributed by atoms with van der Waals surface area (Å²) >= 11 is 3.28. The molecule has 0 bridgehead atoms. The number of benzene rings is 1. The van der Waals surface area contributed by atoms with E-state index in [0.29, 0.717) is 12.4 Å². The molecule has 4 rings (SSSR count). The number of thioether (sulfide) groups is 1. The first kappa shape index (κ1) is 14.6. The summed E-state index contributed by atoms with van der Waals surface area (Å²) in [4.78, 5) is 0.793. The van der Waals surface area contributed by atoms with Crippen molar-refractivity contribution in [2.24, 2.45) is 0 Å². The highest BCUT2D eigenvalue weighted by atomic mass is 32.2. The molecule has 9 heteroatoms. The van der Waals surface area contributed by atoms with Crippen molar-refractivity contribution in [3.63, 3.8) is 0 Å². The molecule has 0 amide bonds. The first-order valence-corrected chi connectivity index (χ1v) is 9.11. The van der Waals surface area contributed by atoms with Gasteiger partial charge in [0.15, 0.2) is 22.3 Å². The van der Waals surface area contributed by atoms with E-state index in [1.165, 1.54) is 11.3 Å². The Morgan fingerprint density at radius 2 is 2.22 bits per heavy atom. The Labute approximate surface area is 140 Å². The van der Waals surface area contributed by atoms with Gasteiger partial charge in [0, 0.05) is 6.07 Å². The van der Waals surface area contributed by atoms with Gasteiger partial charge < -0.3 is 14.2 Å². The van der Waals surface area contributed by atoms with Crippen molar-refractivity contribution in [1.82, 2.24) is 19.8 Å². The molecule has 0 atom stereocenters. The summed E-state index contributed by atoms with van der Waals surface area (Å²) < 4.78 is 18.2. The summed E-state index contributed by atoms with van der Waals surface area (Å²) in [5.74, 6) is 4.90. The lowest BCUT2D eigenvalue weighted by atomic mass is 10.3. The maximum absolute atomic E-state index is 5.78. The van der Waals surface area contributed by atoms with Crippen molar-refractivity contribution in [3.05, 3.63) is 29.0 Å². The summed E-state index contributed by atoms with van der Waals surface area (Å²) in [7, 11) is 0. The van der Waals surface area contributed by atoms with E-state index < -0.39 is 0 Å². The minimum Gasteiger partial charge on any atom is -0.486 e. The van der Waals surface area contributed by atoms with E-state index in [1.807, 2.05) is 18.2 Å². The van der Waals surface area contributed by atoms with Gasteiger partial charge >= 0.3 is 0 Å². The smallest absolute Gasteiger partial charge is 0.234 e. The van der Waals surface area contributed by atoms with Gasteiger partial charge in [-0.05, 0) is 17.9 Å². The second-order valence-corrected chi connectivity index (χ2v) is 7.06. The van der Waals surface area contributed by atoms with Crippen LogP contribution in [-0.2, 0) is 12.4 Å². The minimum atomic E-state index is 0.258. The fourth-order valence-electron chi connectivity index (χ4n) is 2.15. The molecule has 23 heavy (non-hydrogen) atoms. The molecule has 120 valence electrons. The standard InChI is InChI=1S/C14H14N4O3S2/c1-2-22-7-12-15-16-14-18(12)17-13(23-14)6-19-9-3-4-10-11(5-9)21-8-20-10/h3-5H,2,6-8H2,1H3. The van der Waals surface area contributed by atoms with Crippen LogP contribution in [-0.4, -0.2) is 32.4 Å². The summed E-state index contributed by atoms with van der Waals surface area (Å²) in [5, 5.41) is 13.7. The van der Waals surface area contributed by atoms with E-state index in [-0.39, 0.29) is 6.79 Å². The Morgan fingerprint density at radius 1 is 1.30 bits per heavy atom. The molecule has 0 fully saturated rings. The van der Waals surface area contributed by atoms with E-state index in [4.69, 9.17) is 14.2 Å². The van der Waals surface area contributed by atoms with E-state index in [2.05, 4.69) is 22.2 Å². The highest BCUT2D eigenvalue weighted by Crippen LogP contribution is 2.35. The molecule has 0 unspecified atom stereocenters. The maximum atomic E-state index is 5.78. The fourth-order valence-corrected chi connectivity index (χ4v) is 3.48. The second-order valence-electron chi connectivity index (χ2n) is 4.75. The van der Waals surface area contributed by atoms with Gasteiger partial charge in [0.25, 0.3) is 0 Å². The van der Waals surface area contributed by atoms with Gasteiger partial charge in [0.05, 0.1) is 5.75 Å². The first-order valence-electron chi connectivity index (χ1n) is 7.13. The quantitative estimate of drug-likeness (QED) is 0.677. The van der Waals surface area contributed by atoms with Crippen LogP contribution in [0.15, 0.2) is 18.2 Å². The van der Waals surface area contributed by atoms with Crippen molar-refractivity contribution in [3.8, 4) is 17.2 Å². The number of nitrogens with zero attached hydrogens (tertiary/aromatic N) is 4. The van der Waals surface area contributed by atoms with E-state index >= 15 is 0 Å². The molecule has 3 aromatic rings. The lowest BCUT2D eigenvalue weighted by Crippen LogP contribution is -1.99. The Morgan fingerprint density at radius 3 is 3.13 bits per heavy atom. The van der Waals surface area contributed by atoms with Crippen LogP contribution >= 0.6 is 23.1 Å². The maximum Gasteiger partial charge on any atom is 0.234 e. The Bertz CT molecular complexity index is 833. The molecule has 1 aliphatic heterocycles. The molecular formula is C14H14N4O3S2. The fraction of sp³-hybridized carbons (Fsp3) is 0.357. The average Bonchev–Trinajstić information content (AvgIpc) is 3.26. The van der Waals surface area contributed by atoms with Crippen LogP contribution in [0, 0.1) is 0 Å². The third-order valence-corrected chi connectivity index (χ3v) is 4.98. The number of aromatic nitrogens is 4. The molecule has 1 aromatic carbocycles. The molecule has 0 saturated carbocycles. The number of hydrogen-bond donors (Lipinski definition) is 0. The topological polar surface area (TPSA) is 70.8 Å². The molecule has 0 aliphatic carbocycles. The largest absolute Gasteiger partial charge is 0.486 e. The summed E-state index contributed by atoms with van der Waals surface area (Å²) in [6, 6.07) is 5.53. The number of ether oxygens (including phenoxy) is 3. The van der Waals surface area contributed by atoms with E-state index in [0.717, 1.165) is 38.8 Å². The Kier molecular flexibility index (Phi) is 3.96. The monoisotopic (exact) mass is 350 g/mol. The Hall–Kier alpha value is -2.00. The molecule has 7 nitrogen and oxygen atoms in total. The van der Waals surface area contributed by atoms with Crippen LogP contribution in [0.5, 0.6) is 17.2 Å². The third-order valence-electron chi connectivity index (χ3n) is 3.24. The second kappa shape index (κ2) is 6.25. The molecule has 0 saturated heterocycles. The Balaban J connectivity index is 1.46. The first-order chi connectivity index (χ1) is 11.3. The highest BCUT2D eigenvalue weighted by molar-refractivity contribution is 7.98. The van der Waals surface area contributed by atoms with Crippen molar-refractivity contribution in [2.75, 3.05) is 12.5 Å². The van der Waals surface area contributed by atoms with E-state index in [1.54, 1.807) is 16.3 Å². The van der Waals surface area contributed by atoms with Gasteiger partial charge in [-0.1, -0.05) is 18.3 Å².